The van der Waals surface area contributed by atoms with Crippen LogP contribution in [0, 0.1) is 10.1 Å². The molecule has 0 N–H and O–H groups in total. The van der Waals surface area contributed by atoms with Crippen LogP contribution in [0.15, 0.2) is 36.1 Å². The van der Waals surface area contributed by atoms with E-state index in [9.17, 15) is 19.7 Å². The van der Waals surface area contributed by atoms with E-state index in [1.807, 2.05) is 0 Å². The van der Waals surface area contributed by atoms with Gasteiger partial charge in [0.15, 0.2) is 0 Å². The summed E-state index contributed by atoms with van der Waals surface area (Å²) >= 11 is 0. The van der Waals surface area contributed by atoms with Crippen molar-refractivity contribution < 1.29 is 19.2 Å². The smallest absolute Gasteiger partial charge is 0.350 e. The number of hydrogen-bond donors (Lipinski definition) is 0. The molecule has 21 heavy (non-hydrogen) atoms. The van der Waals surface area contributed by atoms with Gasteiger partial charge in [-0.3, -0.25) is 14.9 Å². The highest BCUT2D eigenvalue weighted by atomic mass is 16.6. The summed E-state index contributed by atoms with van der Waals surface area (Å²) in [5.74, 6) is -0.710. The number of nitrogens with zero attached hydrogens (tertiary/aromatic N) is 2. The van der Waals surface area contributed by atoms with Gasteiger partial charge in [-0.1, -0.05) is 12.1 Å². The van der Waals surface area contributed by atoms with Crippen LogP contribution in [0.1, 0.15) is 23.2 Å². The summed E-state index contributed by atoms with van der Waals surface area (Å²) < 4.78 is 5.23. The first-order valence-electron chi connectivity index (χ1n) is 6.55. The van der Waals surface area contributed by atoms with E-state index in [-0.39, 0.29) is 29.0 Å². The monoisotopic (exact) mass is 288 g/mol. The quantitative estimate of drug-likeness (QED) is 0.479. The summed E-state index contributed by atoms with van der Waals surface area (Å²) in [6.45, 7) is 0.645. The zero-order valence-electron chi connectivity index (χ0n) is 11.0. The van der Waals surface area contributed by atoms with E-state index < -0.39 is 10.9 Å². The lowest BCUT2D eigenvalue weighted by Crippen LogP contribution is -2.30. The highest BCUT2D eigenvalue weighted by Gasteiger charge is 2.39. The number of benzene rings is 1. The molecule has 0 spiro atoms. The molecule has 1 fully saturated rings. The van der Waals surface area contributed by atoms with Crippen LogP contribution in [0.2, 0.25) is 0 Å². The molecule has 7 heteroatoms. The number of rotatable bonds is 3. The van der Waals surface area contributed by atoms with Crippen molar-refractivity contribution in [3.8, 4) is 0 Å². The molecule has 2 aliphatic rings. The molecule has 7 nitrogen and oxygen atoms in total. The summed E-state index contributed by atoms with van der Waals surface area (Å²) in [6.07, 6.45) is 2.88. The van der Waals surface area contributed by atoms with Crippen LogP contribution in [0.25, 0.3) is 0 Å². The van der Waals surface area contributed by atoms with Gasteiger partial charge in [-0.25, -0.2) is 4.79 Å². The van der Waals surface area contributed by atoms with Crippen LogP contribution in [-0.4, -0.2) is 34.3 Å². The number of nitro benzene ring substituents is 1. The largest absolute Gasteiger partial charge is 0.425 e. The maximum atomic E-state index is 12.1. The molecule has 1 aromatic carbocycles. The van der Waals surface area contributed by atoms with Crippen LogP contribution in [0.4, 0.5) is 5.69 Å². The Labute approximate surface area is 119 Å². The minimum absolute atomic E-state index is 0.118. The first-order chi connectivity index (χ1) is 10.1. The van der Waals surface area contributed by atoms with Gasteiger partial charge in [-0.05, 0) is 18.9 Å². The Bertz CT molecular complexity index is 667. The van der Waals surface area contributed by atoms with E-state index in [0.717, 1.165) is 12.8 Å². The molecule has 1 atom stereocenters. The molecule has 2 aliphatic heterocycles. The van der Waals surface area contributed by atoms with E-state index in [0.29, 0.717) is 6.54 Å². The summed E-state index contributed by atoms with van der Waals surface area (Å²) in [6, 6.07) is 5.37. The average molecular weight is 288 g/mol. The molecular formula is C14H12N2O5. The molecule has 3 rings (SSSR count). The molecule has 0 saturated carbocycles. The molecule has 0 aliphatic carbocycles. The van der Waals surface area contributed by atoms with E-state index >= 15 is 0 Å². The van der Waals surface area contributed by atoms with Gasteiger partial charge in [-0.2, -0.15) is 0 Å². The molecule has 108 valence electrons. The Morgan fingerprint density at radius 3 is 2.90 bits per heavy atom. The molecule has 1 amide bonds. The minimum atomic E-state index is -0.810. The van der Waals surface area contributed by atoms with E-state index in [2.05, 4.69) is 0 Å². The fourth-order valence-corrected chi connectivity index (χ4v) is 2.69. The molecular weight excluding hydrogens is 276 g/mol. The van der Waals surface area contributed by atoms with Crippen LogP contribution in [-0.2, 0) is 9.53 Å². The van der Waals surface area contributed by atoms with Gasteiger partial charge in [0.2, 0.25) is 0 Å². The second-order valence-corrected chi connectivity index (χ2v) is 4.90. The predicted octanol–water partition coefficient (Wildman–Crippen LogP) is 1.64. The van der Waals surface area contributed by atoms with E-state index in [4.69, 9.17) is 4.74 Å². The lowest BCUT2D eigenvalue weighted by molar-refractivity contribution is -0.385. The number of amides is 1. The maximum absolute atomic E-state index is 12.1. The SMILES string of the molecule is O=C(OC1=CC(=O)N2CCCC12)c1ccccc1[N+](=O)[O-]. The van der Waals surface area contributed by atoms with Crippen molar-refractivity contribution in [3.05, 3.63) is 51.8 Å². The Kier molecular flexibility index (Phi) is 3.17. The van der Waals surface area contributed by atoms with Gasteiger partial charge in [0, 0.05) is 18.7 Å². The van der Waals surface area contributed by atoms with Gasteiger partial charge in [0.1, 0.15) is 11.3 Å². The van der Waals surface area contributed by atoms with Crippen LogP contribution < -0.4 is 0 Å². The normalized spacial score (nSPS) is 20.2. The number of hydrogen-bond acceptors (Lipinski definition) is 5. The second kappa shape index (κ2) is 5.01. The van der Waals surface area contributed by atoms with Crippen LogP contribution >= 0.6 is 0 Å². The summed E-state index contributed by atoms with van der Waals surface area (Å²) in [7, 11) is 0. The Morgan fingerprint density at radius 2 is 2.14 bits per heavy atom. The topological polar surface area (TPSA) is 89.8 Å². The van der Waals surface area contributed by atoms with Crippen molar-refractivity contribution in [2.24, 2.45) is 0 Å². The first-order valence-corrected chi connectivity index (χ1v) is 6.55. The van der Waals surface area contributed by atoms with Crippen molar-refractivity contribution >= 4 is 17.6 Å². The number of ether oxygens (including phenoxy) is 1. The average Bonchev–Trinajstić information content (AvgIpc) is 3.04. The molecule has 0 radical (unpaired) electrons. The third-order valence-corrected chi connectivity index (χ3v) is 3.66. The highest BCUT2D eigenvalue weighted by Crippen LogP contribution is 2.31. The standard InChI is InChI=1S/C14H12N2O5/c17-13-8-12(11-6-3-7-15(11)13)21-14(18)9-4-1-2-5-10(9)16(19)20/h1-2,4-5,8,11H,3,6-7H2. The van der Waals surface area contributed by atoms with Gasteiger partial charge in [0.05, 0.1) is 11.0 Å². The summed E-state index contributed by atoms with van der Waals surface area (Å²) in [4.78, 5) is 35.8. The highest BCUT2D eigenvalue weighted by molar-refractivity contribution is 5.96. The van der Waals surface area contributed by atoms with Crippen molar-refractivity contribution in [2.45, 2.75) is 18.9 Å². The van der Waals surface area contributed by atoms with Crippen LogP contribution in [0.3, 0.4) is 0 Å². The fourth-order valence-electron chi connectivity index (χ4n) is 2.69. The second-order valence-electron chi connectivity index (χ2n) is 4.90. The Balaban J connectivity index is 1.83. The number of carbonyl (C=O) groups is 2. The Hall–Kier alpha value is -2.70. The van der Waals surface area contributed by atoms with Gasteiger partial charge in [0.25, 0.3) is 11.6 Å². The lowest BCUT2D eigenvalue weighted by Gasteiger charge is -2.17. The third-order valence-electron chi connectivity index (χ3n) is 3.66. The zero-order chi connectivity index (χ0) is 15.0. The summed E-state index contributed by atoms with van der Waals surface area (Å²) in [5.41, 5.74) is -0.428. The molecule has 1 aromatic rings. The zero-order valence-corrected chi connectivity index (χ0v) is 11.0. The van der Waals surface area contributed by atoms with Gasteiger partial charge in [-0.15, -0.1) is 0 Å². The molecule has 0 aromatic heterocycles. The van der Waals surface area contributed by atoms with E-state index in [1.54, 1.807) is 4.90 Å². The number of nitro groups is 1. The number of para-hydroxylation sites is 1. The molecule has 0 bridgehead atoms. The number of fused-ring (bicyclic) bond motifs is 1. The maximum Gasteiger partial charge on any atom is 0.350 e. The van der Waals surface area contributed by atoms with Crippen molar-refractivity contribution in [2.75, 3.05) is 6.54 Å². The molecule has 1 saturated heterocycles. The first kappa shape index (κ1) is 13.3. The third kappa shape index (κ3) is 2.26. The van der Waals surface area contributed by atoms with Gasteiger partial charge >= 0.3 is 5.97 Å². The number of carbonyl (C=O) groups excluding carboxylic acids is 2. The fraction of sp³-hybridized carbons (Fsp3) is 0.286. The minimum Gasteiger partial charge on any atom is -0.425 e. The lowest BCUT2D eigenvalue weighted by atomic mass is 10.1. The predicted molar refractivity (Wildman–Crippen MR) is 71.3 cm³/mol. The number of esters is 1. The van der Waals surface area contributed by atoms with Crippen molar-refractivity contribution in [1.82, 2.24) is 4.90 Å². The van der Waals surface area contributed by atoms with Crippen molar-refractivity contribution in [1.29, 1.82) is 0 Å². The van der Waals surface area contributed by atoms with Crippen molar-refractivity contribution in [3.63, 3.8) is 0 Å². The summed E-state index contributed by atoms with van der Waals surface area (Å²) in [5, 5.41) is 10.9. The molecule has 2 heterocycles. The van der Waals surface area contributed by atoms with Crippen LogP contribution in [0.5, 0.6) is 0 Å². The molecule has 1 unspecified atom stereocenters. The Morgan fingerprint density at radius 1 is 1.38 bits per heavy atom. The van der Waals surface area contributed by atoms with Gasteiger partial charge < -0.3 is 9.64 Å². The van der Waals surface area contributed by atoms with E-state index in [1.165, 1.54) is 30.3 Å².